The van der Waals surface area contributed by atoms with Crippen LogP contribution in [0.25, 0.3) is 5.57 Å². The van der Waals surface area contributed by atoms with E-state index in [0.717, 1.165) is 17.6 Å². The van der Waals surface area contributed by atoms with Crippen LogP contribution < -0.4 is 4.74 Å². The molecule has 1 aromatic rings. The highest BCUT2D eigenvalue weighted by Crippen LogP contribution is 2.31. The van der Waals surface area contributed by atoms with Crippen LogP contribution in [0.2, 0.25) is 0 Å². The van der Waals surface area contributed by atoms with Crippen molar-refractivity contribution in [3.63, 3.8) is 0 Å². The van der Waals surface area contributed by atoms with Gasteiger partial charge >= 0.3 is 6.09 Å². The summed E-state index contributed by atoms with van der Waals surface area (Å²) in [6, 6.07) is 5.34. The van der Waals surface area contributed by atoms with E-state index in [1.807, 2.05) is 32.9 Å². The number of phenols is 1. The van der Waals surface area contributed by atoms with Gasteiger partial charge in [-0.25, -0.2) is 4.79 Å². The second-order valence-corrected chi connectivity index (χ2v) is 6.29. The minimum atomic E-state index is -0.483. The van der Waals surface area contributed by atoms with Crippen molar-refractivity contribution in [1.29, 1.82) is 0 Å². The number of nitrogens with zero attached hydrogens (tertiary/aromatic N) is 1. The molecule has 1 aliphatic heterocycles. The van der Waals surface area contributed by atoms with E-state index >= 15 is 0 Å². The Bertz CT molecular complexity index is 587. The number of hydrogen-bond acceptors (Lipinski definition) is 4. The van der Waals surface area contributed by atoms with E-state index in [9.17, 15) is 9.90 Å². The molecule has 1 aliphatic rings. The zero-order chi connectivity index (χ0) is 16.3. The number of carbonyl (C=O) groups is 1. The highest BCUT2D eigenvalue weighted by molar-refractivity contribution is 5.73. The first-order valence-corrected chi connectivity index (χ1v) is 7.34. The Hall–Kier alpha value is -2.17. The topological polar surface area (TPSA) is 59.0 Å². The molecule has 5 heteroatoms. The lowest BCUT2D eigenvalue weighted by atomic mass is 9.99. The van der Waals surface area contributed by atoms with Crippen molar-refractivity contribution in [2.45, 2.75) is 32.8 Å². The van der Waals surface area contributed by atoms with Gasteiger partial charge in [-0.2, -0.15) is 0 Å². The third kappa shape index (κ3) is 3.93. The van der Waals surface area contributed by atoms with Crippen LogP contribution in [0, 0.1) is 0 Å². The van der Waals surface area contributed by atoms with Crippen LogP contribution in [0.3, 0.4) is 0 Å². The largest absolute Gasteiger partial charge is 0.504 e. The molecule has 0 saturated heterocycles. The van der Waals surface area contributed by atoms with Crippen LogP contribution in [-0.2, 0) is 4.74 Å². The van der Waals surface area contributed by atoms with Gasteiger partial charge in [0.15, 0.2) is 11.5 Å². The first-order chi connectivity index (χ1) is 10.3. The van der Waals surface area contributed by atoms with E-state index in [1.54, 1.807) is 17.0 Å². The Morgan fingerprint density at radius 3 is 2.55 bits per heavy atom. The number of aromatic hydroxyl groups is 1. The molecule has 1 amide bonds. The maximum atomic E-state index is 12.0. The number of methoxy groups -OCH3 is 1. The second kappa shape index (κ2) is 6.30. The molecule has 0 saturated carbocycles. The summed E-state index contributed by atoms with van der Waals surface area (Å²) in [5.74, 6) is 0.575. The van der Waals surface area contributed by atoms with E-state index in [-0.39, 0.29) is 11.8 Å². The maximum absolute atomic E-state index is 12.0. The van der Waals surface area contributed by atoms with Crippen LogP contribution in [0.4, 0.5) is 4.79 Å². The van der Waals surface area contributed by atoms with Crippen LogP contribution in [0.1, 0.15) is 32.8 Å². The van der Waals surface area contributed by atoms with Gasteiger partial charge in [0, 0.05) is 13.1 Å². The van der Waals surface area contributed by atoms with E-state index in [2.05, 4.69) is 0 Å². The first kappa shape index (κ1) is 16.2. The fraction of sp³-hybridized carbons (Fsp3) is 0.471. The number of benzene rings is 1. The van der Waals surface area contributed by atoms with Gasteiger partial charge < -0.3 is 19.5 Å². The number of amides is 1. The minimum absolute atomic E-state index is 0.121. The molecule has 2 rings (SSSR count). The molecule has 0 aliphatic carbocycles. The molecule has 1 aromatic carbocycles. The SMILES string of the molecule is COc1ccc(C2=CCN(C(=O)OC(C)(C)C)CC2)cc1O. The maximum Gasteiger partial charge on any atom is 0.410 e. The lowest BCUT2D eigenvalue weighted by Gasteiger charge is -2.29. The highest BCUT2D eigenvalue weighted by atomic mass is 16.6. The summed E-state index contributed by atoms with van der Waals surface area (Å²) in [5, 5.41) is 9.85. The number of phenolic OH excluding ortho intramolecular Hbond substituents is 1. The van der Waals surface area contributed by atoms with Gasteiger partial charge in [-0.05, 0) is 50.5 Å². The average molecular weight is 305 g/mol. The summed E-state index contributed by atoms with van der Waals surface area (Å²) in [4.78, 5) is 13.7. The van der Waals surface area contributed by atoms with Gasteiger partial charge in [0.25, 0.3) is 0 Å². The minimum Gasteiger partial charge on any atom is -0.504 e. The molecule has 0 bridgehead atoms. The van der Waals surface area contributed by atoms with Crippen molar-refractivity contribution in [3.8, 4) is 11.5 Å². The van der Waals surface area contributed by atoms with Gasteiger partial charge in [0.2, 0.25) is 0 Å². The standard InChI is InChI=1S/C17H23NO4/c1-17(2,3)22-16(20)18-9-7-12(8-10-18)13-5-6-15(21-4)14(19)11-13/h5-7,11,19H,8-10H2,1-4H3. The molecule has 1 heterocycles. The fourth-order valence-corrected chi connectivity index (χ4v) is 2.31. The zero-order valence-corrected chi connectivity index (χ0v) is 13.5. The Balaban J connectivity index is 2.05. The number of hydrogen-bond donors (Lipinski definition) is 1. The Kier molecular flexibility index (Phi) is 4.64. The third-order valence-electron chi connectivity index (χ3n) is 3.41. The van der Waals surface area contributed by atoms with Gasteiger partial charge in [-0.15, -0.1) is 0 Å². The zero-order valence-electron chi connectivity index (χ0n) is 13.5. The second-order valence-electron chi connectivity index (χ2n) is 6.29. The average Bonchev–Trinajstić information content (AvgIpc) is 2.45. The van der Waals surface area contributed by atoms with Crippen molar-refractivity contribution in [1.82, 2.24) is 4.90 Å². The first-order valence-electron chi connectivity index (χ1n) is 7.34. The lowest BCUT2D eigenvalue weighted by Crippen LogP contribution is -2.39. The summed E-state index contributed by atoms with van der Waals surface area (Å²) >= 11 is 0. The molecule has 0 spiro atoms. The summed E-state index contributed by atoms with van der Waals surface area (Å²) in [6.45, 7) is 6.69. The van der Waals surface area contributed by atoms with Crippen LogP contribution in [0.15, 0.2) is 24.3 Å². The highest BCUT2D eigenvalue weighted by Gasteiger charge is 2.24. The predicted octanol–water partition coefficient (Wildman–Crippen LogP) is 3.43. The molecular formula is C17H23NO4. The lowest BCUT2D eigenvalue weighted by molar-refractivity contribution is 0.0270. The van der Waals surface area contributed by atoms with Gasteiger partial charge in [-0.3, -0.25) is 0 Å². The number of ether oxygens (including phenoxy) is 2. The van der Waals surface area contributed by atoms with E-state index in [0.29, 0.717) is 18.8 Å². The van der Waals surface area contributed by atoms with Gasteiger partial charge in [-0.1, -0.05) is 12.1 Å². The van der Waals surface area contributed by atoms with E-state index in [4.69, 9.17) is 9.47 Å². The van der Waals surface area contributed by atoms with Crippen LogP contribution >= 0.6 is 0 Å². The third-order valence-corrected chi connectivity index (χ3v) is 3.41. The summed E-state index contributed by atoms with van der Waals surface area (Å²) in [6.07, 6.45) is 2.43. The molecule has 0 aromatic heterocycles. The van der Waals surface area contributed by atoms with Crippen molar-refractivity contribution in [3.05, 3.63) is 29.8 Å². The molecule has 22 heavy (non-hydrogen) atoms. The Labute approximate surface area is 131 Å². The quantitative estimate of drug-likeness (QED) is 0.909. The molecule has 0 atom stereocenters. The number of carbonyl (C=O) groups excluding carboxylic acids is 1. The monoisotopic (exact) mass is 305 g/mol. The van der Waals surface area contributed by atoms with Crippen LogP contribution in [0.5, 0.6) is 11.5 Å². The Morgan fingerprint density at radius 2 is 2.05 bits per heavy atom. The number of rotatable bonds is 2. The van der Waals surface area contributed by atoms with E-state index < -0.39 is 5.60 Å². The molecule has 0 fully saturated rings. The Morgan fingerprint density at radius 1 is 1.32 bits per heavy atom. The summed E-state index contributed by atoms with van der Waals surface area (Å²) < 4.78 is 10.4. The van der Waals surface area contributed by atoms with E-state index in [1.165, 1.54) is 7.11 Å². The molecule has 120 valence electrons. The molecular weight excluding hydrogens is 282 g/mol. The van der Waals surface area contributed by atoms with Gasteiger partial charge in [0.1, 0.15) is 5.60 Å². The fourth-order valence-electron chi connectivity index (χ4n) is 2.31. The molecule has 0 unspecified atom stereocenters. The molecule has 1 N–H and O–H groups in total. The molecule has 0 radical (unpaired) electrons. The van der Waals surface area contributed by atoms with Gasteiger partial charge in [0.05, 0.1) is 7.11 Å². The smallest absolute Gasteiger partial charge is 0.410 e. The van der Waals surface area contributed by atoms with Crippen molar-refractivity contribution >= 4 is 11.7 Å². The molecule has 5 nitrogen and oxygen atoms in total. The summed E-state index contributed by atoms with van der Waals surface area (Å²) in [7, 11) is 1.52. The summed E-state index contributed by atoms with van der Waals surface area (Å²) in [5.41, 5.74) is 1.57. The normalized spacial score (nSPS) is 15.3. The van der Waals surface area contributed by atoms with Crippen molar-refractivity contribution in [2.24, 2.45) is 0 Å². The van der Waals surface area contributed by atoms with Crippen molar-refractivity contribution < 1.29 is 19.4 Å². The predicted molar refractivity (Wildman–Crippen MR) is 85.1 cm³/mol. The van der Waals surface area contributed by atoms with Crippen LogP contribution in [-0.4, -0.2) is 41.9 Å². The van der Waals surface area contributed by atoms with Crippen molar-refractivity contribution in [2.75, 3.05) is 20.2 Å².